The molecule has 0 saturated carbocycles. The molecular weight excluding hydrogens is 372 g/mol. The summed E-state index contributed by atoms with van der Waals surface area (Å²) in [5, 5.41) is 2.53. The van der Waals surface area contributed by atoms with Gasteiger partial charge in [-0.25, -0.2) is 8.42 Å². The number of rotatable bonds is 3. The Balaban J connectivity index is 0. The second-order valence-corrected chi connectivity index (χ2v) is 4.80. The third-order valence-electron chi connectivity index (χ3n) is 1.55. The second kappa shape index (κ2) is 8.40. The molecule has 9 heteroatoms. The first-order valence-corrected chi connectivity index (χ1v) is 6.78. The van der Waals surface area contributed by atoms with E-state index >= 15 is 0 Å². The molecule has 1 rings (SSSR count). The topological polar surface area (TPSA) is 118 Å². The summed E-state index contributed by atoms with van der Waals surface area (Å²) < 4.78 is 32.0. The minimum atomic E-state index is -4.42. The first kappa shape index (κ1) is 19.6. The van der Waals surface area contributed by atoms with Crippen molar-refractivity contribution in [2.45, 2.75) is 4.90 Å². The van der Waals surface area contributed by atoms with Crippen molar-refractivity contribution >= 4 is 44.3 Å². The van der Waals surface area contributed by atoms with E-state index in [0.717, 1.165) is 12.1 Å². The van der Waals surface area contributed by atoms with Crippen molar-refractivity contribution < 1.29 is 52.8 Å². The van der Waals surface area contributed by atoms with Crippen LogP contribution in [-0.2, 0) is 14.9 Å². The fraction of sp³-hybridized carbons (Fsp3) is 0.125. The Kier molecular flexibility index (Phi) is 9.70. The molecule has 1 amide bonds. The number of amides is 1. The average Bonchev–Trinajstić information content (AvgIpc) is 2.17. The number of carbonyl (C=O) groups excluding carboxylic acids is 1. The molecule has 0 aromatic heterocycles. The van der Waals surface area contributed by atoms with Crippen LogP contribution >= 0.6 is 22.6 Å². The van der Waals surface area contributed by atoms with Gasteiger partial charge in [-0.1, -0.05) is 22.6 Å². The number of alkyl halides is 1. The van der Waals surface area contributed by atoms with Crippen LogP contribution in [0.5, 0.6) is 0 Å². The quantitative estimate of drug-likeness (QED) is 0.262. The van der Waals surface area contributed by atoms with Crippen molar-refractivity contribution in [2.24, 2.45) is 0 Å². The van der Waals surface area contributed by atoms with E-state index in [1.807, 2.05) is 22.6 Å². The van der Waals surface area contributed by atoms with E-state index in [1.54, 1.807) is 0 Å². The van der Waals surface area contributed by atoms with Gasteiger partial charge in [-0.3, -0.25) is 4.79 Å². The van der Waals surface area contributed by atoms with Crippen molar-refractivity contribution in [1.82, 2.24) is 0 Å². The van der Waals surface area contributed by atoms with Crippen LogP contribution in [0.1, 0.15) is 0 Å². The Morgan fingerprint density at radius 3 is 2.12 bits per heavy atom. The standard InChI is InChI=1S/C8H8INO4S.Na.H2O/c9-5-8(11)10-6-1-3-7(4-2-6)15(12,13)14;;/h1-4H,5H2,(H,10,11)(H,12,13,14);;1H2/q;+1;/p-1. The summed E-state index contributed by atoms with van der Waals surface area (Å²) in [6.45, 7) is 0. The summed E-state index contributed by atoms with van der Waals surface area (Å²) in [7, 11) is -4.42. The number of nitrogens with one attached hydrogen (secondary N) is 1. The molecule has 0 radical (unpaired) electrons. The van der Waals surface area contributed by atoms with Gasteiger partial charge in [0.1, 0.15) is 10.1 Å². The number of hydrogen-bond acceptors (Lipinski definition) is 4. The molecule has 0 heterocycles. The van der Waals surface area contributed by atoms with Crippen LogP contribution in [-0.4, -0.2) is 28.8 Å². The number of carbonyl (C=O) groups is 1. The van der Waals surface area contributed by atoms with Crippen LogP contribution in [0.2, 0.25) is 0 Å². The molecule has 17 heavy (non-hydrogen) atoms. The molecule has 0 aliphatic carbocycles. The molecule has 0 aliphatic rings. The molecule has 3 N–H and O–H groups in total. The van der Waals surface area contributed by atoms with E-state index in [4.69, 9.17) is 0 Å². The van der Waals surface area contributed by atoms with E-state index in [-0.39, 0.29) is 45.8 Å². The van der Waals surface area contributed by atoms with Gasteiger partial charge in [-0.05, 0) is 24.3 Å². The van der Waals surface area contributed by atoms with E-state index in [0.29, 0.717) is 10.1 Å². The summed E-state index contributed by atoms with van der Waals surface area (Å²) in [4.78, 5) is 10.7. The number of halogens is 1. The van der Waals surface area contributed by atoms with Crippen molar-refractivity contribution in [2.75, 3.05) is 9.74 Å². The van der Waals surface area contributed by atoms with Crippen LogP contribution in [0.25, 0.3) is 0 Å². The Morgan fingerprint density at radius 2 is 1.76 bits per heavy atom. The van der Waals surface area contributed by atoms with Gasteiger partial charge in [0.25, 0.3) is 0 Å². The van der Waals surface area contributed by atoms with Crippen LogP contribution in [0, 0.1) is 0 Å². The Morgan fingerprint density at radius 1 is 1.29 bits per heavy atom. The van der Waals surface area contributed by atoms with E-state index < -0.39 is 10.1 Å². The molecule has 6 nitrogen and oxygen atoms in total. The zero-order valence-electron chi connectivity index (χ0n) is 8.94. The molecule has 0 spiro atoms. The molecular formula is C8H9INNaO5S. The molecule has 0 atom stereocenters. The number of benzene rings is 1. The first-order valence-electron chi connectivity index (χ1n) is 3.85. The molecule has 1 aromatic carbocycles. The minimum absolute atomic E-state index is 0. The van der Waals surface area contributed by atoms with Gasteiger partial charge >= 0.3 is 29.6 Å². The summed E-state index contributed by atoms with van der Waals surface area (Å²) in [5.74, 6) is -0.187. The maximum Gasteiger partial charge on any atom is 1.00 e. The summed E-state index contributed by atoms with van der Waals surface area (Å²) in [6, 6.07) is 5.06. The predicted octanol–water partition coefficient (Wildman–Crippen LogP) is -2.86. The number of hydrogen-bond donors (Lipinski definition) is 1. The smallest absolute Gasteiger partial charge is 0.744 e. The molecule has 0 aliphatic heterocycles. The SMILES string of the molecule is O.O=C(CI)Nc1ccc(S(=O)(=O)[O-])cc1.[Na+]. The van der Waals surface area contributed by atoms with Crippen molar-refractivity contribution in [3.8, 4) is 0 Å². The Hall–Kier alpha value is 0.290. The average molecular weight is 381 g/mol. The molecule has 0 bridgehead atoms. The monoisotopic (exact) mass is 381 g/mol. The normalized spacial score (nSPS) is 9.76. The molecule has 90 valence electrons. The fourth-order valence-corrected chi connectivity index (χ4v) is 1.56. The van der Waals surface area contributed by atoms with Crippen molar-refractivity contribution in [3.63, 3.8) is 0 Å². The number of anilines is 1. The van der Waals surface area contributed by atoms with Gasteiger partial charge in [0.15, 0.2) is 0 Å². The van der Waals surface area contributed by atoms with Gasteiger partial charge in [-0.15, -0.1) is 0 Å². The van der Waals surface area contributed by atoms with E-state index in [1.165, 1.54) is 12.1 Å². The van der Waals surface area contributed by atoms with Crippen LogP contribution in [0.15, 0.2) is 29.2 Å². The van der Waals surface area contributed by atoms with Gasteiger partial charge in [0.05, 0.1) is 9.32 Å². The van der Waals surface area contributed by atoms with Gasteiger partial charge in [0, 0.05) is 5.69 Å². The fourth-order valence-electron chi connectivity index (χ4n) is 0.899. The zero-order chi connectivity index (χ0) is 11.5. The Bertz CT molecular complexity index is 461. The molecule has 0 saturated heterocycles. The summed E-state index contributed by atoms with van der Waals surface area (Å²) in [5.41, 5.74) is 0.462. The van der Waals surface area contributed by atoms with Crippen LogP contribution < -0.4 is 34.9 Å². The minimum Gasteiger partial charge on any atom is -0.744 e. The molecule has 0 unspecified atom stereocenters. The predicted molar refractivity (Wildman–Crippen MR) is 65.5 cm³/mol. The maximum absolute atomic E-state index is 11.0. The van der Waals surface area contributed by atoms with Gasteiger partial charge < -0.3 is 15.3 Å². The summed E-state index contributed by atoms with van der Waals surface area (Å²) >= 11 is 1.90. The van der Waals surface area contributed by atoms with E-state index in [2.05, 4.69) is 5.32 Å². The molecule has 1 aromatic rings. The molecule has 0 fully saturated rings. The second-order valence-electron chi connectivity index (χ2n) is 2.66. The Labute approximate surface area is 135 Å². The summed E-state index contributed by atoms with van der Waals surface area (Å²) in [6.07, 6.45) is 0. The van der Waals surface area contributed by atoms with Crippen LogP contribution in [0.3, 0.4) is 0 Å². The van der Waals surface area contributed by atoms with Crippen molar-refractivity contribution in [3.05, 3.63) is 24.3 Å². The van der Waals surface area contributed by atoms with Gasteiger partial charge in [-0.2, -0.15) is 0 Å². The largest absolute Gasteiger partial charge is 1.00 e. The maximum atomic E-state index is 11.0. The zero-order valence-corrected chi connectivity index (χ0v) is 13.9. The van der Waals surface area contributed by atoms with Crippen molar-refractivity contribution in [1.29, 1.82) is 0 Å². The third kappa shape index (κ3) is 6.70. The first-order chi connectivity index (χ1) is 6.93. The van der Waals surface area contributed by atoms with Crippen LogP contribution in [0.4, 0.5) is 5.69 Å². The van der Waals surface area contributed by atoms with Gasteiger partial charge in [0.2, 0.25) is 5.91 Å². The van der Waals surface area contributed by atoms with E-state index in [9.17, 15) is 17.8 Å². The third-order valence-corrected chi connectivity index (χ3v) is 3.09.